The molecule has 2 amide bonds. The van der Waals surface area contributed by atoms with E-state index in [4.69, 9.17) is 16.7 Å². The van der Waals surface area contributed by atoms with Gasteiger partial charge in [0.25, 0.3) is 0 Å². The number of rotatable bonds is 4. The maximum absolute atomic E-state index is 12.1. The summed E-state index contributed by atoms with van der Waals surface area (Å²) in [6.45, 7) is 3.38. The number of carbonyl (C=O) groups excluding carboxylic acids is 2. The first-order chi connectivity index (χ1) is 10.6. The predicted molar refractivity (Wildman–Crippen MR) is 83.4 cm³/mol. The number of benzene rings is 1. The summed E-state index contributed by atoms with van der Waals surface area (Å²) in [6.07, 6.45) is 0. The lowest BCUT2D eigenvalue weighted by Crippen LogP contribution is -2.52. The van der Waals surface area contributed by atoms with E-state index in [0.717, 1.165) is 5.56 Å². The van der Waals surface area contributed by atoms with Crippen molar-refractivity contribution in [3.05, 3.63) is 34.9 Å². The molecule has 1 fully saturated rings. The Kier molecular flexibility index (Phi) is 6.18. The first kappa shape index (κ1) is 16.7. The molecule has 22 heavy (non-hydrogen) atoms. The fourth-order valence-electron chi connectivity index (χ4n) is 2.32. The van der Waals surface area contributed by atoms with Crippen molar-refractivity contribution in [1.82, 2.24) is 15.1 Å². The van der Waals surface area contributed by atoms with Gasteiger partial charge in [-0.1, -0.05) is 23.7 Å². The van der Waals surface area contributed by atoms with Crippen LogP contribution in [0, 0.1) is 0 Å². The molecule has 0 aromatic heterocycles. The molecule has 0 aliphatic carbocycles. The Hall–Kier alpha value is -1.63. The number of nitrogens with zero attached hydrogens (tertiary/aromatic N) is 2. The molecule has 0 saturated carbocycles. The molecule has 1 saturated heterocycles. The zero-order valence-electron chi connectivity index (χ0n) is 12.3. The van der Waals surface area contributed by atoms with Crippen LogP contribution < -0.4 is 5.32 Å². The molecule has 0 radical (unpaired) electrons. The first-order valence-corrected chi connectivity index (χ1v) is 7.62. The van der Waals surface area contributed by atoms with E-state index in [1.807, 2.05) is 0 Å². The van der Waals surface area contributed by atoms with Crippen LogP contribution in [-0.2, 0) is 16.1 Å². The molecule has 1 aliphatic rings. The maximum atomic E-state index is 12.1. The van der Waals surface area contributed by atoms with E-state index >= 15 is 0 Å². The normalized spacial score (nSPS) is 15.6. The average molecular weight is 326 g/mol. The van der Waals surface area contributed by atoms with Crippen molar-refractivity contribution in [2.75, 3.05) is 39.3 Å². The van der Waals surface area contributed by atoms with Gasteiger partial charge in [-0.2, -0.15) is 0 Å². The summed E-state index contributed by atoms with van der Waals surface area (Å²) < 4.78 is 0. The Bertz CT molecular complexity index is 513. The lowest BCUT2D eigenvalue weighted by Gasteiger charge is -2.33. The number of halogens is 1. The lowest BCUT2D eigenvalue weighted by molar-refractivity contribution is -0.147. The standard InChI is InChI=1S/C15H20ClN3O3/c16-13-3-1-12(2-4-13)11-17-14(21)15(22)19-7-5-18(6-8-19)9-10-20/h1-4,20H,5-11H2,(H,17,21). The van der Waals surface area contributed by atoms with Crippen LogP contribution in [0.2, 0.25) is 5.02 Å². The van der Waals surface area contributed by atoms with Gasteiger partial charge in [0.1, 0.15) is 0 Å². The molecule has 0 atom stereocenters. The molecule has 7 heteroatoms. The number of hydrogen-bond donors (Lipinski definition) is 2. The molecular weight excluding hydrogens is 306 g/mol. The van der Waals surface area contributed by atoms with Crippen LogP contribution in [0.25, 0.3) is 0 Å². The van der Waals surface area contributed by atoms with Crippen LogP contribution >= 0.6 is 11.6 Å². The Balaban J connectivity index is 1.77. The van der Waals surface area contributed by atoms with Crippen molar-refractivity contribution in [3.63, 3.8) is 0 Å². The summed E-state index contributed by atoms with van der Waals surface area (Å²) >= 11 is 5.79. The summed E-state index contributed by atoms with van der Waals surface area (Å²) in [5.74, 6) is -1.09. The maximum Gasteiger partial charge on any atom is 0.311 e. The van der Waals surface area contributed by atoms with E-state index in [2.05, 4.69) is 10.2 Å². The summed E-state index contributed by atoms with van der Waals surface area (Å²) in [6, 6.07) is 7.10. The van der Waals surface area contributed by atoms with Crippen LogP contribution in [-0.4, -0.2) is 66.1 Å². The van der Waals surface area contributed by atoms with Gasteiger partial charge in [0.2, 0.25) is 0 Å². The molecular formula is C15H20ClN3O3. The van der Waals surface area contributed by atoms with Crippen molar-refractivity contribution in [1.29, 1.82) is 0 Å². The van der Waals surface area contributed by atoms with Gasteiger partial charge < -0.3 is 15.3 Å². The number of aliphatic hydroxyl groups excluding tert-OH is 1. The summed E-state index contributed by atoms with van der Waals surface area (Å²) in [7, 11) is 0. The highest BCUT2D eigenvalue weighted by Gasteiger charge is 2.25. The van der Waals surface area contributed by atoms with Crippen LogP contribution in [0.5, 0.6) is 0 Å². The van der Waals surface area contributed by atoms with Crippen LogP contribution in [0.1, 0.15) is 5.56 Å². The summed E-state index contributed by atoms with van der Waals surface area (Å²) in [5.41, 5.74) is 0.887. The Morgan fingerprint density at radius 3 is 2.36 bits per heavy atom. The fourth-order valence-corrected chi connectivity index (χ4v) is 2.45. The quantitative estimate of drug-likeness (QED) is 0.770. The molecule has 1 aromatic carbocycles. The Morgan fingerprint density at radius 1 is 1.14 bits per heavy atom. The fraction of sp³-hybridized carbons (Fsp3) is 0.467. The molecule has 1 heterocycles. The zero-order valence-corrected chi connectivity index (χ0v) is 13.1. The molecule has 1 aliphatic heterocycles. The third-order valence-electron chi connectivity index (χ3n) is 3.64. The second kappa shape index (κ2) is 8.12. The number of carbonyl (C=O) groups is 2. The highest BCUT2D eigenvalue weighted by molar-refractivity contribution is 6.35. The molecule has 1 aromatic rings. The van der Waals surface area contributed by atoms with Gasteiger partial charge in [-0.15, -0.1) is 0 Å². The monoisotopic (exact) mass is 325 g/mol. The third kappa shape index (κ3) is 4.69. The molecule has 2 rings (SSSR count). The highest BCUT2D eigenvalue weighted by Crippen LogP contribution is 2.09. The number of nitrogens with one attached hydrogen (secondary N) is 1. The second-order valence-corrected chi connectivity index (χ2v) is 5.60. The van der Waals surface area contributed by atoms with Gasteiger partial charge >= 0.3 is 11.8 Å². The van der Waals surface area contributed by atoms with Gasteiger partial charge in [0.05, 0.1) is 6.61 Å². The molecule has 2 N–H and O–H groups in total. The van der Waals surface area contributed by atoms with Crippen LogP contribution in [0.3, 0.4) is 0 Å². The van der Waals surface area contributed by atoms with Crippen LogP contribution in [0.15, 0.2) is 24.3 Å². The van der Waals surface area contributed by atoms with Crippen molar-refractivity contribution in [2.24, 2.45) is 0 Å². The summed E-state index contributed by atoms with van der Waals surface area (Å²) in [4.78, 5) is 27.6. The average Bonchev–Trinajstić information content (AvgIpc) is 2.54. The second-order valence-electron chi connectivity index (χ2n) is 5.17. The van der Waals surface area contributed by atoms with Gasteiger partial charge in [-0.3, -0.25) is 14.5 Å². The van der Waals surface area contributed by atoms with Gasteiger partial charge in [0.15, 0.2) is 0 Å². The largest absolute Gasteiger partial charge is 0.395 e. The molecule has 0 spiro atoms. The van der Waals surface area contributed by atoms with Gasteiger partial charge in [0, 0.05) is 44.3 Å². The van der Waals surface area contributed by atoms with Crippen molar-refractivity contribution in [2.45, 2.75) is 6.54 Å². The lowest BCUT2D eigenvalue weighted by atomic mass is 10.2. The Morgan fingerprint density at radius 2 is 1.77 bits per heavy atom. The van der Waals surface area contributed by atoms with E-state index in [0.29, 0.717) is 44.3 Å². The number of piperazine rings is 1. The highest BCUT2D eigenvalue weighted by atomic mass is 35.5. The zero-order chi connectivity index (χ0) is 15.9. The van der Waals surface area contributed by atoms with Crippen molar-refractivity contribution in [3.8, 4) is 0 Å². The minimum atomic E-state index is -0.592. The number of β-amino-alcohol motifs (C(OH)–C–C–N with tert-alkyl or cyclic N) is 1. The van der Waals surface area contributed by atoms with E-state index in [1.165, 1.54) is 0 Å². The predicted octanol–water partition coefficient (Wildman–Crippen LogP) is 0.0927. The topological polar surface area (TPSA) is 72.9 Å². The van der Waals surface area contributed by atoms with Gasteiger partial charge in [-0.05, 0) is 17.7 Å². The minimum Gasteiger partial charge on any atom is -0.395 e. The third-order valence-corrected chi connectivity index (χ3v) is 3.89. The molecule has 120 valence electrons. The molecule has 6 nitrogen and oxygen atoms in total. The minimum absolute atomic E-state index is 0.107. The summed E-state index contributed by atoms with van der Waals surface area (Å²) in [5, 5.41) is 12.1. The number of hydrogen-bond acceptors (Lipinski definition) is 4. The van der Waals surface area contributed by atoms with E-state index in [1.54, 1.807) is 29.2 Å². The number of aliphatic hydroxyl groups is 1. The van der Waals surface area contributed by atoms with Crippen LogP contribution in [0.4, 0.5) is 0 Å². The van der Waals surface area contributed by atoms with Crippen molar-refractivity contribution < 1.29 is 14.7 Å². The first-order valence-electron chi connectivity index (χ1n) is 7.25. The number of amides is 2. The molecule has 0 bridgehead atoms. The Labute approximate surface area is 134 Å². The smallest absolute Gasteiger partial charge is 0.311 e. The molecule has 0 unspecified atom stereocenters. The van der Waals surface area contributed by atoms with E-state index < -0.39 is 11.8 Å². The van der Waals surface area contributed by atoms with E-state index in [9.17, 15) is 9.59 Å². The van der Waals surface area contributed by atoms with Crippen molar-refractivity contribution >= 4 is 23.4 Å². The van der Waals surface area contributed by atoms with Gasteiger partial charge in [-0.25, -0.2) is 0 Å². The SMILES string of the molecule is O=C(NCc1ccc(Cl)cc1)C(=O)N1CCN(CCO)CC1. The van der Waals surface area contributed by atoms with E-state index in [-0.39, 0.29) is 6.61 Å².